The van der Waals surface area contributed by atoms with Gasteiger partial charge in [0.15, 0.2) is 6.29 Å². The van der Waals surface area contributed by atoms with Crippen molar-refractivity contribution in [3.8, 4) is 11.5 Å². The Labute approximate surface area is 204 Å². The number of hydrogen-bond donors (Lipinski definition) is 1. The monoisotopic (exact) mass is 478 g/mol. The van der Waals surface area contributed by atoms with E-state index in [4.69, 9.17) is 25.8 Å². The topological polar surface area (TPSA) is 65.0 Å². The van der Waals surface area contributed by atoms with Crippen LogP contribution in [0.15, 0.2) is 91.0 Å². The molecule has 1 aliphatic rings. The number of ether oxygens (including phenoxy) is 3. The lowest BCUT2D eigenvalue weighted by Gasteiger charge is -2.37. The molecule has 5 nitrogen and oxygen atoms in total. The second kappa shape index (κ2) is 11.8. The predicted molar refractivity (Wildman–Crippen MR) is 131 cm³/mol. The van der Waals surface area contributed by atoms with Gasteiger partial charge in [-0.3, -0.25) is 4.79 Å². The molecule has 1 heterocycles. The van der Waals surface area contributed by atoms with Gasteiger partial charge in [-0.1, -0.05) is 78.4 Å². The average Bonchev–Trinajstić information content (AvgIpc) is 2.85. The number of carbonyl (C=O) groups is 1. The fourth-order valence-corrected chi connectivity index (χ4v) is 4.14. The molecule has 0 spiro atoms. The number of esters is 1. The van der Waals surface area contributed by atoms with Gasteiger partial charge in [-0.2, -0.15) is 0 Å². The summed E-state index contributed by atoms with van der Waals surface area (Å²) >= 11 is 6.36. The number of phenols is 1. The third-order valence-corrected chi connectivity index (χ3v) is 6.00. The van der Waals surface area contributed by atoms with Gasteiger partial charge >= 0.3 is 5.97 Å². The van der Waals surface area contributed by atoms with E-state index >= 15 is 0 Å². The highest BCUT2D eigenvalue weighted by molar-refractivity contribution is 6.31. The Balaban J connectivity index is 1.37. The van der Waals surface area contributed by atoms with Crippen molar-refractivity contribution in [1.82, 2.24) is 0 Å². The zero-order valence-corrected chi connectivity index (χ0v) is 19.4. The van der Waals surface area contributed by atoms with E-state index in [9.17, 15) is 9.90 Å². The number of allylic oxidation sites excluding steroid dienone is 2. The average molecular weight is 479 g/mol. The molecule has 3 aromatic rings. The highest BCUT2D eigenvalue weighted by Crippen LogP contribution is 2.43. The van der Waals surface area contributed by atoms with E-state index in [2.05, 4.69) is 0 Å². The number of hydrogen-bond acceptors (Lipinski definition) is 5. The molecule has 1 saturated heterocycles. The highest BCUT2D eigenvalue weighted by atomic mass is 35.5. The smallest absolute Gasteiger partial charge is 0.311 e. The summed E-state index contributed by atoms with van der Waals surface area (Å²) in [6, 6.07) is 23.7. The maximum atomic E-state index is 12.0. The second-order valence-electron chi connectivity index (χ2n) is 8.10. The van der Waals surface area contributed by atoms with Crippen molar-refractivity contribution in [2.75, 3.05) is 6.61 Å². The maximum absolute atomic E-state index is 12.0. The van der Waals surface area contributed by atoms with E-state index < -0.39 is 6.29 Å². The van der Waals surface area contributed by atoms with Crippen molar-refractivity contribution in [3.05, 3.63) is 107 Å². The summed E-state index contributed by atoms with van der Waals surface area (Å²) in [5.41, 5.74) is 1.48. The van der Waals surface area contributed by atoms with Crippen LogP contribution in [-0.2, 0) is 14.3 Å². The first-order valence-electron chi connectivity index (χ1n) is 11.3. The van der Waals surface area contributed by atoms with Gasteiger partial charge in [-0.25, -0.2) is 0 Å². The molecule has 0 radical (unpaired) electrons. The van der Waals surface area contributed by atoms with Crippen LogP contribution >= 0.6 is 11.6 Å². The molecule has 3 aromatic carbocycles. The van der Waals surface area contributed by atoms with Crippen LogP contribution in [0, 0.1) is 5.92 Å². The van der Waals surface area contributed by atoms with Gasteiger partial charge < -0.3 is 19.3 Å². The number of halogens is 1. The number of aromatic hydroxyl groups is 1. The van der Waals surface area contributed by atoms with E-state index in [1.165, 1.54) is 0 Å². The zero-order valence-electron chi connectivity index (χ0n) is 18.7. The molecule has 1 aliphatic heterocycles. The lowest BCUT2D eigenvalue weighted by molar-refractivity contribution is -0.244. The first-order chi connectivity index (χ1) is 16.6. The minimum Gasteiger partial charge on any atom is -0.508 e. The van der Waals surface area contributed by atoms with Crippen molar-refractivity contribution in [2.45, 2.75) is 31.7 Å². The number of para-hydroxylation sites is 2. The molecule has 0 aromatic heterocycles. The standard InChI is InChI=1S/C28H27ClO5/c29-24-16-9-7-14-22(24)28-32-19-20(27(34-28)23-15-8-10-17-25(23)30)11-3-1-6-18-26(31)33-21-12-4-2-5-13-21/h1-5,7-10,12-17,20,27-28,30H,6,11,18-19H2. The predicted octanol–water partition coefficient (Wildman–Crippen LogP) is 6.78. The van der Waals surface area contributed by atoms with Crippen molar-refractivity contribution >= 4 is 17.6 Å². The van der Waals surface area contributed by atoms with Gasteiger partial charge in [-0.05, 0) is 37.1 Å². The summed E-state index contributed by atoms with van der Waals surface area (Å²) in [4.78, 5) is 12.0. The number of carbonyl (C=O) groups excluding carboxylic acids is 1. The Kier molecular flexibility index (Phi) is 8.36. The minimum atomic E-state index is -0.619. The van der Waals surface area contributed by atoms with Crippen molar-refractivity contribution < 1.29 is 24.1 Å². The number of phenolic OH excluding ortho intramolecular Hbond substituents is 1. The van der Waals surface area contributed by atoms with Crippen LogP contribution in [-0.4, -0.2) is 17.7 Å². The molecular weight excluding hydrogens is 452 g/mol. The molecule has 4 rings (SSSR count). The summed E-state index contributed by atoms with van der Waals surface area (Å²) in [6.07, 6.45) is 4.53. The van der Waals surface area contributed by atoms with E-state index in [1.54, 1.807) is 30.3 Å². The lowest BCUT2D eigenvalue weighted by Crippen LogP contribution is -2.30. The normalized spacial score (nSPS) is 20.3. The Morgan fingerprint density at radius 2 is 1.68 bits per heavy atom. The maximum Gasteiger partial charge on any atom is 0.311 e. The van der Waals surface area contributed by atoms with Crippen LogP contribution < -0.4 is 4.74 Å². The molecule has 0 saturated carbocycles. The van der Waals surface area contributed by atoms with Crippen LogP contribution in [0.2, 0.25) is 5.02 Å². The third kappa shape index (κ3) is 6.26. The van der Waals surface area contributed by atoms with E-state index in [0.29, 0.717) is 42.2 Å². The fraction of sp³-hybridized carbons (Fsp3) is 0.250. The Hall–Kier alpha value is -3.12. The fourth-order valence-electron chi connectivity index (χ4n) is 3.92. The first-order valence-corrected chi connectivity index (χ1v) is 11.7. The van der Waals surface area contributed by atoms with Crippen molar-refractivity contribution in [2.24, 2.45) is 5.92 Å². The molecule has 0 amide bonds. The molecule has 176 valence electrons. The van der Waals surface area contributed by atoms with Gasteiger partial charge in [0.2, 0.25) is 0 Å². The molecule has 6 heteroatoms. The molecule has 3 unspecified atom stereocenters. The number of benzene rings is 3. The largest absolute Gasteiger partial charge is 0.508 e. The van der Waals surface area contributed by atoms with E-state index in [0.717, 1.165) is 5.56 Å². The van der Waals surface area contributed by atoms with E-state index in [1.807, 2.05) is 60.7 Å². The quantitative estimate of drug-likeness (QED) is 0.219. The van der Waals surface area contributed by atoms with Gasteiger partial charge in [0.25, 0.3) is 0 Å². The molecule has 0 bridgehead atoms. The van der Waals surface area contributed by atoms with Gasteiger partial charge in [0.1, 0.15) is 11.5 Å². The van der Waals surface area contributed by atoms with Crippen molar-refractivity contribution in [1.29, 1.82) is 0 Å². The molecular formula is C28H27ClO5. The van der Waals surface area contributed by atoms with Crippen LogP contribution in [0.4, 0.5) is 0 Å². The van der Waals surface area contributed by atoms with Gasteiger partial charge in [-0.15, -0.1) is 0 Å². The van der Waals surface area contributed by atoms with Crippen LogP contribution in [0.3, 0.4) is 0 Å². The summed E-state index contributed by atoms with van der Waals surface area (Å²) < 4.78 is 17.6. The third-order valence-electron chi connectivity index (χ3n) is 5.66. The molecule has 1 N–H and O–H groups in total. The SMILES string of the molecule is O=C(CCC=CCC1COC(c2ccccc2Cl)OC1c1ccccc1O)Oc1ccccc1. The summed E-state index contributed by atoms with van der Waals surface area (Å²) in [7, 11) is 0. The van der Waals surface area contributed by atoms with Crippen LogP contribution in [0.5, 0.6) is 11.5 Å². The number of rotatable bonds is 8. The zero-order chi connectivity index (χ0) is 23.8. The van der Waals surface area contributed by atoms with Crippen LogP contribution in [0.25, 0.3) is 0 Å². The molecule has 34 heavy (non-hydrogen) atoms. The Morgan fingerprint density at radius 3 is 2.44 bits per heavy atom. The van der Waals surface area contributed by atoms with Crippen LogP contribution in [0.1, 0.15) is 42.8 Å². The van der Waals surface area contributed by atoms with Gasteiger partial charge in [0, 0.05) is 28.5 Å². The van der Waals surface area contributed by atoms with Crippen molar-refractivity contribution in [3.63, 3.8) is 0 Å². The Morgan fingerprint density at radius 1 is 0.971 bits per heavy atom. The first kappa shape index (κ1) is 24.0. The Bertz CT molecular complexity index is 1110. The summed E-state index contributed by atoms with van der Waals surface area (Å²) in [5, 5.41) is 11.0. The summed E-state index contributed by atoms with van der Waals surface area (Å²) in [5.74, 6) is 0.450. The van der Waals surface area contributed by atoms with Gasteiger partial charge in [0.05, 0.1) is 12.7 Å². The molecule has 3 atom stereocenters. The second-order valence-corrected chi connectivity index (χ2v) is 8.50. The lowest BCUT2D eigenvalue weighted by atomic mass is 9.91. The molecule has 1 fully saturated rings. The minimum absolute atomic E-state index is 0.0143. The summed E-state index contributed by atoms with van der Waals surface area (Å²) in [6.45, 7) is 0.440. The highest BCUT2D eigenvalue weighted by Gasteiger charge is 2.35. The van der Waals surface area contributed by atoms with E-state index in [-0.39, 0.29) is 23.7 Å². The molecule has 0 aliphatic carbocycles.